The Morgan fingerprint density at radius 3 is 2.41 bits per heavy atom. The van der Waals surface area contributed by atoms with Gasteiger partial charge in [-0.15, -0.1) is 11.3 Å². The Hall–Kier alpha value is -1.90. The van der Waals surface area contributed by atoms with Crippen molar-refractivity contribution in [1.29, 1.82) is 0 Å². The molecule has 0 bridgehead atoms. The number of sulfonamides is 1. The van der Waals surface area contributed by atoms with E-state index in [1.807, 2.05) is 6.92 Å². The van der Waals surface area contributed by atoms with Crippen molar-refractivity contribution in [3.63, 3.8) is 0 Å². The van der Waals surface area contributed by atoms with Crippen molar-refractivity contribution in [1.82, 2.24) is 15.4 Å². The third kappa shape index (κ3) is 6.34. The normalized spacial score (nSPS) is 12.8. The lowest BCUT2D eigenvalue weighted by molar-refractivity contribution is 0.518. The fraction of sp³-hybridized carbons (Fsp3) is 0.421. The van der Waals surface area contributed by atoms with Crippen molar-refractivity contribution >= 4 is 27.3 Å². The van der Waals surface area contributed by atoms with Gasteiger partial charge in [0.15, 0.2) is 5.96 Å². The summed E-state index contributed by atoms with van der Waals surface area (Å²) in [5, 5.41) is 8.51. The van der Waals surface area contributed by atoms with Crippen molar-refractivity contribution in [3.05, 3.63) is 52.2 Å². The zero-order chi connectivity index (χ0) is 19.9. The van der Waals surface area contributed by atoms with E-state index in [1.165, 1.54) is 4.88 Å². The number of rotatable bonds is 8. The van der Waals surface area contributed by atoms with Gasteiger partial charge in [-0.1, -0.05) is 37.6 Å². The summed E-state index contributed by atoms with van der Waals surface area (Å²) < 4.78 is 27.1. The number of benzene rings is 1. The number of hydrogen-bond acceptors (Lipinski definition) is 4. The van der Waals surface area contributed by atoms with E-state index in [9.17, 15) is 8.42 Å². The third-order valence-corrected chi connectivity index (χ3v) is 6.86. The Morgan fingerprint density at radius 1 is 1.11 bits per heavy atom. The fourth-order valence-electron chi connectivity index (χ4n) is 2.44. The molecule has 0 aliphatic carbocycles. The van der Waals surface area contributed by atoms with Crippen LogP contribution in [0.4, 0.5) is 0 Å². The minimum absolute atomic E-state index is 0.0151. The van der Waals surface area contributed by atoms with Crippen molar-refractivity contribution < 1.29 is 8.42 Å². The molecule has 0 spiro atoms. The average molecular weight is 409 g/mol. The molecule has 0 saturated heterocycles. The quantitative estimate of drug-likeness (QED) is 0.356. The van der Waals surface area contributed by atoms with Crippen LogP contribution in [-0.2, 0) is 15.4 Å². The first-order chi connectivity index (χ1) is 12.7. The summed E-state index contributed by atoms with van der Waals surface area (Å²) in [6.07, 6.45) is 0. The Balaban J connectivity index is 1.78. The van der Waals surface area contributed by atoms with Crippen LogP contribution in [0.3, 0.4) is 0 Å². The number of nitrogens with zero attached hydrogens (tertiary/aromatic N) is 1. The van der Waals surface area contributed by atoms with E-state index in [-0.39, 0.29) is 16.9 Å². The Bertz CT molecular complexity index is 842. The molecule has 0 atom stereocenters. The number of nitrogens with one attached hydrogen (secondary N) is 3. The highest BCUT2D eigenvalue weighted by Gasteiger charge is 2.22. The largest absolute Gasteiger partial charge is 0.356 e. The maximum absolute atomic E-state index is 12.3. The lowest BCUT2D eigenvalue weighted by Gasteiger charge is -2.25. The molecule has 148 valence electrons. The number of aryl methyl sites for hydroxylation is 1. The standard InChI is InChI=1S/C19H28N4O2S2/c1-15-7-9-16(10-8-15)27(24,25)23-12-11-21-18(20-4)22-14-19(2,3)17-6-5-13-26-17/h5-10,13,23H,11-12,14H2,1-4H3,(H2,20,21,22). The van der Waals surface area contributed by atoms with Gasteiger partial charge in [0, 0.05) is 37.0 Å². The summed E-state index contributed by atoms with van der Waals surface area (Å²) in [4.78, 5) is 5.77. The van der Waals surface area contributed by atoms with E-state index in [4.69, 9.17) is 0 Å². The highest BCUT2D eigenvalue weighted by molar-refractivity contribution is 7.89. The predicted molar refractivity (Wildman–Crippen MR) is 113 cm³/mol. The van der Waals surface area contributed by atoms with Gasteiger partial charge < -0.3 is 10.6 Å². The fourth-order valence-corrected chi connectivity index (χ4v) is 4.33. The molecule has 0 unspecified atom stereocenters. The molecule has 0 aliphatic rings. The van der Waals surface area contributed by atoms with E-state index in [0.717, 1.165) is 12.1 Å². The number of aliphatic imine (C=N–C) groups is 1. The highest BCUT2D eigenvalue weighted by atomic mass is 32.2. The van der Waals surface area contributed by atoms with Gasteiger partial charge in [-0.05, 0) is 30.5 Å². The molecule has 6 nitrogen and oxygen atoms in total. The average Bonchev–Trinajstić information content (AvgIpc) is 3.17. The van der Waals surface area contributed by atoms with Crippen molar-refractivity contribution in [3.8, 4) is 0 Å². The molecule has 0 radical (unpaired) electrons. The second-order valence-electron chi connectivity index (χ2n) is 6.92. The molecule has 0 fully saturated rings. The SMILES string of the molecule is CN=C(NCCNS(=O)(=O)c1ccc(C)cc1)NCC(C)(C)c1cccs1. The van der Waals surface area contributed by atoms with Gasteiger partial charge in [0.2, 0.25) is 10.0 Å². The minimum Gasteiger partial charge on any atom is -0.356 e. The molecule has 1 aromatic carbocycles. The first-order valence-electron chi connectivity index (χ1n) is 8.79. The molecule has 3 N–H and O–H groups in total. The highest BCUT2D eigenvalue weighted by Crippen LogP contribution is 2.26. The van der Waals surface area contributed by atoms with Crippen LogP contribution in [0.2, 0.25) is 0 Å². The Morgan fingerprint density at radius 2 is 1.81 bits per heavy atom. The summed E-state index contributed by atoms with van der Waals surface area (Å²) in [5.41, 5.74) is 1.01. The molecule has 0 amide bonds. The van der Waals surface area contributed by atoms with E-state index >= 15 is 0 Å². The summed E-state index contributed by atoms with van der Waals surface area (Å²) in [6.45, 7) is 7.70. The molecule has 1 aromatic heterocycles. The smallest absolute Gasteiger partial charge is 0.240 e. The van der Waals surface area contributed by atoms with Gasteiger partial charge in [0.25, 0.3) is 0 Å². The van der Waals surface area contributed by atoms with Crippen molar-refractivity contribution in [2.24, 2.45) is 4.99 Å². The molecule has 1 heterocycles. The molecular formula is C19H28N4O2S2. The van der Waals surface area contributed by atoms with E-state index in [2.05, 4.69) is 51.7 Å². The zero-order valence-electron chi connectivity index (χ0n) is 16.2. The third-order valence-electron chi connectivity index (χ3n) is 4.15. The second kappa shape index (κ2) is 9.34. The van der Waals surface area contributed by atoms with Crippen LogP contribution >= 0.6 is 11.3 Å². The van der Waals surface area contributed by atoms with Crippen LogP contribution in [0.25, 0.3) is 0 Å². The van der Waals surface area contributed by atoms with E-state index < -0.39 is 10.0 Å². The van der Waals surface area contributed by atoms with E-state index in [0.29, 0.717) is 12.5 Å². The maximum atomic E-state index is 12.3. The summed E-state index contributed by atoms with van der Waals surface area (Å²) >= 11 is 1.74. The number of thiophene rings is 1. The summed E-state index contributed by atoms with van der Waals surface area (Å²) in [5.74, 6) is 0.647. The van der Waals surface area contributed by atoms with Gasteiger partial charge in [0.1, 0.15) is 0 Å². The molecular weight excluding hydrogens is 380 g/mol. The molecule has 0 saturated carbocycles. The van der Waals surface area contributed by atoms with Gasteiger partial charge in [-0.25, -0.2) is 13.1 Å². The van der Waals surface area contributed by atoms with Gasteiger partial charge >= 0.3 is 0 Å². The minimum atomic E-state index is -3.50. The monoisotopic (exact) mass is 408 g/mol. The van der Waals surface area contributed by atoms with Crippen LogP contribution < -0.4 is 15.4 Å². The van der Waals surface area contributed by atoms with E-state index in [1.54, 1.807) is 42.6 Å². The molecule has 27 heavy (non-hydrogen) atoms. The molecule has 8 heteroatoms. The number of guanidine groups is 1. The molecule has 2 rings (SSSR count). The van der Waals surface area contributed by atoms with Crippen molar-refractivity contribution in [2.75, 3.05) is 26.7 Å². The first-order valence-corrected chi connectivity index (χ1v) is 11.2. The van der Waals surface area contributed by atoms with Crippen LogP contribution in [0.15, 0.2) is 51.7 Å². The van der Waals surface area contributed by atoms with Crippen LogP contribution in [0, 0.1) is 6.92 Å². The maximum Gasteiger partial charge on any atom is 0.240 e. The van der Waals surface area contributed by atoms with Crippen LogP contribution in [0.1, 0.15) is 24.3 Å². The number of hydrogen-bond donors (Lipinski definition) is 3. The summed E-state index contributed by atoms with van der Waals surface area (Å²) in [6, 6.07) is 11.0. The molecule has 0 aliphatic heterocycles. The predicted octanol–water partition coefficient (Wildman–Crippen LogP) is 2.48. The lowest BCUT2D eigenvalue weighted by Crippen LogP contribution is -2.45. The van der Waals surface area contributed by atoms with Gasteiger partial charge in [-0.3, -0.25) is 4.99 Å². The molecule has 2 aromatic rings. The van der Waals surface area contributed by atoms with Crippen molar-refractivity contribution in [2.45, 2.75) is 31.1 Å². The summed E-state index contributed by atoms with van der Waals surface area (Å²) in [7, 11) is -1.80. The zero-order valence-corrected chi connectivity index (χ0v) is 17.9. The second-order valence-corrected chi connectivity index (χ2v) is 9.64. The topological polar surface area (TPSA) is 82.6 Å². The van der Waals surface area contributed by atoms with Gasteiger partial charge in [0.05, 0.1) is 4.90 Å². The Labute approximate surface area is 166 Å². The van der Waals surface area contributed by atoms with Crippen LogP contribution in [-0.4, -0.2) is 41.1 Å². The Kier molecular flexibility index (Phi) is 7.41. The lowest BCUT2D eigenvalue weighted by atomic mass is 9.91. The first kappa shape index (κ1) is 21.4. The van der Waals surface area contributed by atoms with Crippen LogP contribution in [0.5, 0.6) is 0 Å². The van der Waals surface area contributed by atoms with Gasteiger partial charge in [-0.2, -0.15) is 0 Å².